The summed E-state index contributed by atoms with van der Waals surface area (Å²) in [6.45, 7) is 0. The van der Waals surface area contributed by atoms with Crippen LogP contribution in [0.2, 0.25) is 10.0 Å². The molecule has 4 heteroatoms. The van der Waals surface area contributed by atoms with Gasteiger partial charge in [0.2, 0.25) is 0 Å². The van der Waals surface area contributed by atoms with Gasteiger partial charge in [0.25, 0.3) is 0 Å². The van der Waals surface area contributed by atoms with Crippen LogP contribution in [0.4, 0.5) is 0 Å². The van der Waals surface area contributed by atoms with Crippen molar-refractivity contribution in [3.8, 4) is 0 Å². The molecule has 0 spiro atoms. The van der Waals surface area contributed by atoms with E-state index in [2.05, 4.69) is 0 Å². The molecule has 15 heavy (non-hydrogen) atoms. The van der Waals surface area contributed by atoms with Crippen LogP contribution in [0.5, 0.6) is 0 Å². The number of hydrogen-bond acceptors (Lipinski definition) is 2. The Balaban J connectivity index is 2.68. The molecule has 0 heterocycles. The van der Waals surface area contributed by atoms with Crippen LogP contribution in [0.15, 0.2) is 18.2 Å². The SMILES string of the molecule is CSCCC(=O)Cc1c(Cl)cccc1Cl. The van der Waals surface area contributed by atoms with Crippen LogP contribution in [-0.4, -0.2) is 17.8 Å². The summed E-state index contributed by atoms with van der Waals surface area (Å²) in [5.41, 5.74) is 0.743. The predicted molar refractivity (Wildman–Crippen MR) is 68.2 cm³/mol. The Labute approximate surface area is 104 Å². The third kappa shape index (κ3) is 4.06. The monoisotopic (exact) mass is 262 g/mol. The summed E-state index contributed by atoms with van der Waals surface area (Å²) >= 11 is 13.6. The van der Waals surface area contributed by atoms with Crippen LogP contribution in [0.3, 0.4) is 0 Å². The van der Waals surface area contributed by atoms with Gasteiger partial charge in [0.15, 0.2) is 0 Å². The molecule has 0 radical (unpaired) electrons. The molecule has 1 nitrogen and oxygen atoms in total. The lowest BCUT2D eigenvalue weighted by molar-refractivity contribution is -0.118. The third-order valence-corrected chi connectivity index (χ3v) is 3.34. The van der Waals surface area contributed by atoms with Gasteiger partial charge >= 0.3 is 0 Å². The maximum absolute atomic E-state index is 11.5. The van der Waals surface area contributed by atoms with E-state index < -0.39 is 0 Å². The molecular formula is C11H12Cl2OS. The Morgan fingerprint density at radius 1 is 1.33 bits per heavy atom. The fraction of sp³-hybridized carbons (Fsp3) is 0.364. The second-order valence-electron chi connectivity index (χ2n) is 3.16. The smallest absolute Gasteiger partial charge is 0.138 e. The Bertz CT molecular complexity index is 332. The second-order valence-corrected chi connectivity index (χ2v) is 4.96. The Morgan fingerprint density at radius 3 is 2.47 bits per heavy atom. The Hall–Kier alpha value is -0.180. The predicted octanol–water partition coefficient (Wildman–Crippen LogP) is 3.86. The topological polar surface area (TPSA) is 17.1 Å². The molecule has 0 aromatic heterocycles. The minimum Gasteiger partial charge on any atom is -0.299 e. The van der Waals surface area contributed by atoms with Gasteiger partial charge in [0.05, 0.1) is 0 Å². The molecule has 1 aromatic rings. The van der Waals surface area contributed by atoms with E-state index in [-0.39, 0.29) is 5.78 Å². The number of thioether (sulfide) groups is 1. The normalized spacial score (nSPS) is 10.3. The molecule has 1 rings (SSSR count). The minimum absolute atomic E-state index is 0.180. The lowest BCUT2D eigenvalue weighted by Gasteiger charge is -2.05. The van der Waals surface area contributed by atoms with Gasteiger partial charge in [-0.15, -0.1) is 0 Å². The van der Waals surface area contributed by atoms with Crippen molar-refractivity contribution in [3.63, 3.8) is 0 Å². The zero-order chi connectivity index (χ0) is 11.3. The number of Topliss-reactive ketones (excluding diaryl/α,β-unsaturated/α-hetero) is 1. The molecule has 0 aliphatic rings. The minimum atomic E-state index is 0.180. The largest absolute Gasteiger partial charge is 0.299 e. The van der Waals surface area contributed by atoms with Gasteiger partial charge in [-0.1, -0.05) is 29.3 Å². The first-order chi connectivity index (χ1) is 7.15. The van der Waals surface area contributed by atoms with Crippen molar-refractivity contribution < 1.29 is 4.79 Å². The zero-order valence-corrected chi connectivity index (χ0v) is 10.8. The molecule has 0 aliphatic carbocycles. The summed E-state index contributed by atoms with van der Waals surface area (Å²) in [5.74, 6) is 1.03. The number of benzene rings is 1. The summed E-state index contributed by atoms with van der Waals surface area (Å²) < 4.78 is 0. The molecule has 0 atom stereocenters. The van der Waals surface area contributed by atoms with Crippen molar-refractivity contribution in [2.45, 2.75) is 12.8 Å². The Morgan fingerprint density at radius 2 is 1.93 bits per heavy atom. The maximum atomic E-state index is 11.5. The molecule has 0 bridgehead atoms. The van der Waals surface area contributed by atoms with Gasteiger partial charge in [-0.05, 0) is 29.7 Å². The summed E-state index contributed by atoms with van der Waals surface area (Å²) in [7, 11) is 0. The maximum Gasteiger partial charge on any atom is 0.138 e. The van der Waals surface area contributed by atoms with Gasteiger partial charge in [0, 0.05) is 22.9 Å². The number of halogens is 2. The molecule has 82 valence electrons. The van der Waals surface area contributed by atoms with Gasteiger partial charge < -0.3 is 0 Å². The average Bonchev–Trinajstić information content (AvgIpc) is 2.21. The van der Waals surface area contributed by atoms with E-state index in [1.807, 2.05) is 6.26 Å². The van der Waals surface area contributed by atoms with Gasteiger partial charge in [0.1, 0.15) is 5.78 Å². The van der Waals surface area contributed by atoms with Crippen molar-refractivity contribution >= 4 is 40.7 Å². The highest BCUT2D eigenvalue weighted by molar-refractivity contribution is 7.98. The molecule has 0 N–H and O–H groups in total. The van der Waals surface area contributed by atoms with Gasteiger partial charge in [-0.3, -0.25) is 4.79 Å². The summed E-state index contributed by atoms with van der Waals surface area (Å²) in [6, 6.07) is 5.29. The van der Waals surface area contributed by atoms with Crippen molar-refractivity contribution in [1.82, 2.24) is 0 Å². The standard InChI is InChI=1S/C11H12Cl2OS/c1-15-6-5-8(14)7-9-10(12)3-2-4-11(9)13/h2-4H,5-7H2,1H3. The van der Waals surface area contributed by atoms with E-state index >= 15 is 0 Å². The number of rotatable bonds is 5. The highest BCUT2D eigenvalue weighted by Crippen LogP contribution is 2.25. The average molecular weight is 263 g/mol. The summed E-state index contributed by atoms with van der Waals surface area (Å²) in [6.07, 6.45) is 2.89. The quantitative estimate of drug-likeness (QED) is 0.802. The Kier molecular flexibility index (Phi) is 5.51. The van der Waals surface area contributed by atoms with E-state index in [4.69, 9.17) is 23.2 Å². The van der Waals surface area contributed by atoms with E-state index in [0.717, 1.165) is 11.3 Å². The van der Waals surface area contributed by atoms with Crippen LogP contribution in [0, 0.1) is 0 Å². The molecule has 0 saturated heterocycles. The lowest BCUT2D eigenvalue weighted by Crippen LogP contribution is -2.04. The number of ketones is 1. The first-order valence-corrected chi connectivity index (χ1v) is 6.73. The van der Waals surface area contributed by atoms with Crippen LogP contribution >= 0.6 is 35.0 Å². The van der Waals surface area contributed by atoms with Crippen LogP contribution in [0.1, 0.15) is 12.0 Å². The first kappa shape index (κ1) is 12.9. The number of carbonyl (C=O) groups is 1. The highest BCUT2D eigenvalue weighted by Gasteiger charge is 2.10. The summed E-state index contributed by atoms with van der Waals surface area (Å²) in [5, 5.41) is 1.14. The van der Waals surface area contributed by atoms with E-state index in [9.17, 15) is 4.79 Å². The fourth-order valence-corrected chi connectivity index (χ4v) is 2.17. The van der Waals surface area contributed by atoms with Crippen LogP contribution < -0.4 is 0 Å². The van der Waals surface area contributed by atoms with E-state index in [0.29, 0.717) is 22.9 Å². The number of hydrogen-bond donors (Lipinski definition) is 0. The molecule has 0 saturated carbocycles. The molecular weight excluding hydrogens is 251 g/mol. The highest BCUT2D eigenvalue weighted by atomic mass is 35.5. The van der Waals surface area contributed by atoms with E-state index in [1.165, 1.54) is 0 Å². The van der Waals surface area contributed by atoms with Gasteiger partial charge in [-0.25, -0.2) is 0 Å². The molecule has 0 unspecified atom stereocenters. The summed E-state index contributed by atoms with van der Waals surface area (Å²) in [4.78, 5) is 11.5. The van der Waals surface area contributed by atoms with Crippen LogP contribution in [-0.2, 0) is 11.2 Å². The lowest BCUT2D eigenvalue weighted by atomic mass is 10.1. The second kappa shape index (κ2) is 6.41. The van der Waals surface area contributed by atoms with E-state index in [1.54, 1.807) is 30.0 Å². The molecule has 0 fully saturated rings. The molecule has 0 aliphatic heterocycles. The van der Waals surface area contributed by atoms with Crippen molar-refractivity contribution in [2.75, 3.05) is 12.0 Å². The fourth-order valence-electron chi connectivity index (χ4n) is 1.20. The van der Waals surface area contributed by atoms with Crippen molar-refractivity contribution in [3.05, 3.63) is 33.8 Å². The third-order valence-electron chi connectivity index (χ3n) is 2.02. The zero-order valence-electron chi connectivity index (χ0n) is 8.43. The first-order valence-electron chi connectivity index (χ1n) is 4.58. The van der Waals surface area contributed by atoms with Crippen molar-refractivity contribution in [2.24, 2.45) is 0 Å². The van der Waals surface area contributed by atoms with Crippen LogP contribution in [0.25, 0.3) is 0 Å². The number of carbonyl (C=O) groups excluding carboxylic acids is 1. The van der Waals surface area contributed by atoms with Gasteiger partial charge in [-0.2, -0.15) is 11.8 Å². The molecule has 1 aromatic carbocycles. The molecule has 0 amide bonds. The van der Waals surface area contributed by atoms with Crippen molar-refractivity contribution in [1.29, 1.82) is 0 Å².